The van der Waals surface area contributed by atoms with Crippen molar-refractivity contribution < 1.29 is 9.59 Å². The number of pyridine rings is 1. The van der Waals surface area contributed by atoms with E-state index >= 15 is 0 Å². The molecular formula is C23H31N5O2. The van der Waals surface area contributed by atoms with Gasteiger partial charge in [0.1, 0.15) is 5.69 Å². The smallest absolute Gasteiger partial charge is 0.271 e. The van der Waals surface area contributed by atoms with Crippen LogP contribution >= 0.6 is 0 Å². The van der Waals surface area contributed by atoms with Gasteiger partial charge in [0.2, 0.25) is 5.91 Å². The highest BCUT2D eigenvalue weighted by molar-refractivity contribution is 5.93. The van der Waals surface area contributed by atoms with Crippen molar-refractivity contribution in [2.75, 3.05) is 13.1 Å². The first-order valence-corrected chi connectivity index (χ1v) is 11.3. The first kappa shape index (κ1) is 20.6. The van der Waals surface area contributed by atoms with Crippen LogP contribution in [-0.4, -0.2) is 51.0 Å². The highest BCUT2D eigenvalue weighted by Gasteiger charge is 2.29. The molecule has 1 saturated heterocycles. The summed E-state index contributed by atoms with van der Waals surface area (Å²) >= 11 is 0. The Hall–Kier alpha value is -2.70. The van der Waals surface area contributed by atoms with Crippen molar-refractivity contribution in [3.05, 3.63) is 36.3 Å². The van der Waals surface area contributed by atoms with Gasteiger partial charge in [-0.3, -0.25) is 19.7 Å². The molecule has 160 valence electrons. The summed E-state index contributed by atoms with van der Waals surface area (Å²) < 4.78 is 0. The number of carbonyl (C=O) groups is 2. The summed E-state index contributed by atoms with van der Waals surface area (Å²) in [5, 5.41) is 10.4. The molecule has 3 heterocycles. The van der Waals surface area contributed by atoms with Gasteiger partial charge in [0.05, 0.1) is 5.69 Å². The molecule has 4 rings (SSSR count). The normalized spacial score (nSPS) is 19.1. The van der Waals surface area contributed by atoms with Crippen LogP contribution in [0.25, 0.3) is 11.3 Å². The van der Waals surface area contributed by atoms with Crippen molar-refractivity contribution >= 4 is 11.8 Å². The molecule has 2 fully saturated rings. The lowest BCUT2D eigenvalue weighted by atomic mass is 9.93. The van der Waals surface area contributed by atoms with E-state index in [1.54, 1.807) is 18.5 Å². The van der Waals surface area contributed by atoms with Crippen LogP contribution in [0.2, 0.25) is 0 Å². The number of aromatic amines is 1. The molecule has 0 radical (unpaired) electrons. The van der Waals surface area contributed by atoms with E-state index in [1.807, 2.05) is 17.0 Å². The largest absolute Gasteiger partial charge is 0.353 e. The Bertz CT molecular complexity index is 834. The zero-order chi connectivity index (χ0) is 20.8. The fourth-order valence-corrected chi connectivity index (χ4v) is 4.53. The SMILES string of the molecule is O=C(NC1CCCCCCC1)C1CCN(C(=O)c2cc(-c3cccnc3)n[nH]2)CC1. The molecule has 1 aliphatic carbocycles. The van der Waals surface area contributed by atoms with Gasteiger partial charge in [-0.15, -0.1) is 0 Å². The Kier molecular flexibility index (Phi) is 6.77. The molecule has 0 aromatic carbocycles. The predicted molar refractivity (Wildman–Crippen MR) is 115 cm³/mol. The monoisotopic (exact) mass is 409 g/mol. The number of H-pyrrole nitrogens is 1. The van der Waals surface area contributed by atoms with Crippen molar-refractivity contribution in [1.29, 1.82) is 0 Å². The summed E-state index contributed by atoms with van der Waals surface area (Å²) in [6.07, 6.45) is 13.4. The second kappa shape index (κ2) is 9.87. The molecule has 0 spiro atoms. The number of aromatic nitrogens is 3. The lowest BCUT2D eigenvalue weighted by Gasteiger charge is -2.32. The first-order valence-electron chi connectivity index (χ1n) is 11.3. The quantitative estimate of drug-likeness (QED) is 0.808. The van der Waals surface area contributed by atoms with Crippen molar-refractivity contribution in [2.45, 2.75) is 63.8 Å². The number of piperidine rings is 1. The van der Waals surface area contributed by atoms with Gasteiger partial charge in [0, 0.05) is 43.0 Å². The fraction of sp³-hybridized carbons (Fsp3) is 0.565. The summed E-state index contributed by atoms with van der Waals surface area (Å²) in [4.78, 5) is 31.5. The number of hydrogen-bond donors (Lipinski definition) is 2. The molecule has 2 amide bonds. The Labute approximate surface area is 177 Å². The lowest BCUT2D eigenvalue weighted by molar-refractivity contribution is -0.127. The van der Waals surface area contributed by atoms with E-state index < -0.39 is 0 Å². The Morgan fingerprint density at radius 1 is 1.03 bits per heavy atom. The molecule has 0 atom stereocenters. The van der Waals surface area contributed by atoms with Gasteiger partial charge in [0.25, 0.3) is 5.91 Å². The summed E-state index contributed by atoms with van der Waals surface area (Å²) in [6.45, 7) is 1.20. The zero-order valence-electron chi connectivity index (χ0n) is 17.5. The first-order chi connectivity index (χ1) is 14.7. The van der Waals surface area contributed by atoms with Gasteiger partial charge < -0.3 is 10.2 Å². The number of rotatable bonds is 4. The number of nitrogens with zero attached hydrogens (tertiary/aromatic N) is 3. The van der Waals surface area contributed by atoms with E-state index in [0.29, 0.717) is 43.4 Å². The maximum atomic E-state index is 12.8. The van der Waals surface area contributed by atoms with Crippen LogP contribution in [0.4, 0.5) is 0 Å². The molecule has 0 bridgehead atoms. The van der Waals surface area contributed by atoms with Gasteiger partial charge in [-0.2, -0.15) is 5.10 Å². The van der Waals surface area contributed by atoms with E-state index in [4.69, 9.17) is 0 Å². The summed E-state index contributed by atoms with van der Waals surface area (Å²) in [6, 6.07) is 5.86. The molecule has 1 aliphatic heterocycles. The van der Waals surface area contributed by atoms with Crippen molar-refractivity contribution in [2.24, 2.45) is 5.92 Å². The summed E-state index contributed by atoms with van der Waals surface area (Å²) in [5.41, 5.74) is 2.06. The third-order valence-electron chi connectivity index (χ3n) is 6.37. The van der Waals surface area contributed by atoms with E-state index in [9.17, 15) is 9.59 Å². The topological polar surface area (TPSA) is 91.0 Å². The maximum Gasteiger partial charge on any atom is 0.271 e. The summed E-state index contributed by atoms with van der Waals surface area (Å²) in [7, 11) is 0. The van der Waals surface area contributed by atoms with Crippen LogP contribution in [0.1, 0.15) is 68.3 Å². The van der Waals surface area contributed by atoms with Crippen LogP contribution in [0, 0.1) is 5.92 Å². The van der Waals surface area contributed by atoms with Gasteiger partial charge in [0.15, 0.2) is 0 Å². The number of hydrogen-bond acceptors (Lipinski definition) is 4. The third-order valence-corrected chi connectivity index (χ3v) is 6.37. The minimum absolute atomic E-state index is 0.00668. The van der Waals surface area contributed by atoms with Gasteiger partial charge in [-0.05, 0) is 43.9 Å². The average Bonchev–Trinajstić information content (AvgIpc) is 3.26. The molecule has 2 aromatic rings. The van der Waals surface area contributed by atoms with Crippen LogP contribution in [-0.2, 0) is 4.79 Å². The minimum Gasteiger partial charge on any atom is -0.353 e. The number of likely N-dealkylation sites (tertiary alicyclic amines) is 1. The second-order valence-electron chi connectivity index (χ2n) is 8.53. The molecular weight excluding hydrogens is 378 g/mol. The standard InChI is InChI=1S/C23H31N5O2/c29-22(25-19-8-4-2-1-3-5-9-19)17-10-13-28(14-11-17)23(30)21-15-20(26-27-21)18-7-6-12-24-16-18/h6-7,12,15-17,19H,1-5,8-11,13-14H2,(H,25,29)(H,26,27). The molecule has 1 saturated carbocycles. The minimum atomic E-state index is -0.0588. The molecule has 2 aliphatic rings. The highest BCUT2D eigenvalue weighted by Crippen LogP contribution is 2.23. The van der Waals surface area contributed by atoms with Gasteiger partial charge in [-0.25, -0.2) is 0 Å². The van der Waals surface area contributed by atoms with E-state index in [0.717, 1.165) is 18.4 Å². The van der Waals surface area contributed by atoms with Crippen LogP contribution in [0.15, 0.2) is 30.6 Å². The maximum absolute atomic E-state index is 12.8. The van der Waals surface area contributed by atoms with Crippen LogP contribution in [0.5, 0.6) is 0 Å². The third kappa shape index (κ3) is 5.07. The Balaban J connectivity index is 1.28. The van der Waals surface area contributed by atoms with E-state index in [-0.39, 0.29) is 17.7 Å². The molecule has 7 nitrogen and oxygen atoms in total. The number of amides is 2. The summed E-state index contributed by atoms with van der Waals surface area (Å²) in [5.74, 6) is 0.122. The van der Waals surface area contributed by atoms with Crippen molar-refractivity contribution in [3.8, 4) is 11.3 Å². The Morgan fingerprint density at radius 2 is 1.77 bits per heavy atom. The molecule has 2 aromatic heterocycles. The van der Waals surface area contributed by atoms with Crippen LogP contribution < -0.4 is 5.32 Å². The zero-order valence-corrected chi connectivity index (χ0v) is 17.5. The van der Waals surface area contributed by atoms with E-state index in [2.05, 4.69) is 20.5 Å². The molecule has 7 heteroatoms. The molecule has 30 heavy (non-hydrogen) atoms. The van der Waals surface area contributed by atoms with Crippen molar-refractivity contribution in [1.82, 2.24) is 25.4 Å². The Morgan fingerprint density at radius 3 is 2.47 bits per heavy atom. The highest BCUT2D eigenvalue weighted by atomic mass is 16.2. The predicted octanol–water partition coefficient (Wildman–Crippen LogP) is 3.55. The van der Waals surface area contributed by atoms with Crippen molar-refractivity contribution in [3.63, 3.8) is 0 Å². The molecule has 0 unspecified atom stereocenters. The fourth-order valence-electron chi connectivity index (χ4n) is 4.53. The van der Waals surface area contributed by atoms with Crippen LogP contribution in [0.3, 0.4) is 0 Å². The van der Waals surface area contributed by atoms with E-state index in [1.165, 1.54) is 32.1 Å². The molecule has 2 N–H and O–H groups in total. The van der Waals surface area contributed by atoms with Gasteiger partial charge >= 0.3 is 0 Å². The lowest BCUT2D eigenvalue weighted by Crippen LogP contribution is -2.45. The average molecular weight is 410 g/mol. The number of nitrogens with one attached hydrogen (secondary N) is 2. The van der Waals surface area contributed by atoms with Gasteiger partial charge in [-0.1, -0.05) is 32.1 Å². The number of carbonyl (C=O) groups excluding carboxylic acids is 2. The second-order valence-corrected chi connectivity index (χ2v) is 8.53.